The van der Waals surface area contributed by atoms with Gasteiger partial charge in [-0.15, -0.1) is 0 Å². The van der Waals surface area contributed by atoms with Crippen LogP contribution in [0.4, 0.5) is 0 Å². The molecule has 1 N–H and O–H groups in total. The van der Waals surface area contributed by atoms with Gasteiger partial charge in [-0.3, -0.25) is 9.59 Å². The lowest BCUT2D eigenvalue weighted by molar-refractivity contribution is -0.136. The molecule has 1 aromatic carbocycles. The second-order valence-electron chi connectivity index (χ2n) is 5.52. The van der Waals surface area contributed by atoms with Crippen LogP contribution in [-0.4, -0.2) is 29.0 Å². The minimum Gasteiger partial charge on any atom is -0.497 e. The lowest BCUT2D eigenvalue weighted by atomic mass is 10.1. The molecule has 0 saturated carbocycles. The summed E-state index contributed by atoms with van der Waals surface area (Å²) in [4.78, 5) is 22.3. The molecule has 2 aromatic rings. The van der Waals surface area contributed by atoms with Crippen LogP contribution in [0.2, 0.25) is 0 Å². The maximum absolute atomic E-state index is 11.5. The molecule has 0 aliphatic rings. The average molecular weight is 315 g/mol. The van der Waals surface area contributed by atoms with Crippen LogP contribution in [0.15, 0.2) is 24.3 Å². The Morgan fingerprint density at radius 2 is 2.09 bits per heavy atom. The van der Waals surface area contributed by atoms with Crippen LogP contribution in [0.25, 0.3) is 0 Å². The number of ether oxygens (including phenoxy) is 1. The monoisotopic (exact) mass is 315 g/mol. The van der Waals surface area contributed by atoms with Gasteiger partial charge in [0.1, 0.15) is 5.75 Å². The Morgan fingerprint density at radius 1 is 1.35 bits per heavy atom. The fourth-order valence-electron chi connectivity index (χ4n) is 2.88. The van der Waals surface area contributed by atoms with Gasteiger partial charge >= 0.3 is 5.97 Å². The van der Waals surface area contributed by atoms with Crippen LogP contribution in [0.5, 0.6) is 5.75 Å². The number of hydrogen-bond donors (Lipinski definition) is 1. The molecule has 1 aromatic heterocycles. The molecule has 0 atom stereocenters. The molecule has 5 heteroatoms. The fourth-order valence-corrected chi connectivity index (χ4v) is 2.88. The second kappa shape index (κ2) is 7.13. The van der Waals surface area contributed by atoms with Gasteiger partial charge in [0.2, 0.25) is 0 Å². The van der Waals surface area contributed by atoms with Crippen LogP contribution in [-0.2, 0) is 17.8 Å². The largest absolute Gasteiger partial charge is 0.497 e. The van der Waals surface area contributed by atoms with Gasteiger partial charge in [-0.1, -0.05) is 12.1 Å². The lowest BCUT2D eigenvalue weighted by Crippen LogP contribution is -2.06. The van der Waals surface area contributed by atoms with E-state index in [0.29, 0.717) is 18.7 Å². The normalized spacial score (nSPS) is 10.6. The van der Waals surface area contributed by atoms with E-state index < -0.39 is 5.97 Å². The Morgan fingerprint density at radius 3 is 2.70 bits per heavy atom. The van der Waals surface area contributed by atoms with Crippen LogP contribution in [0.1, 0.15) is 39.3 Å². The van der Waals surface area contributed by atoms with E-state index in [1.54, 1.807) is 7.11 Å². The standard InChI is InChI=1S/C18H21NO4/c1-12-16(7-8-18(21)22)13(2)19(17(12)11-20)10-14-5-4-6-15(9-14)23-3/h4-6,9,11H,7-8,10H2,1-3H3,(H,21,22). The molecule has 0 spiro atoms. The van der Waals surface area contributed by atoms with Gasteiger partial charge in [-0.05, 0) is 49.1 Å². The van der Waals surface area contributed by atoms with E-state index in [1.807, 2.05) is 42.7 Å². The molecule has 0 aliphatic heterocycles. The molecular formula is C18H21NO4. The number of carbonyl (C=O) groups is 2. The van der Waals surface area contributed by atoms with Crippen LogP contribution < -0.4 is 4.74 Å². The highest BCUT2D eigenvalue weighted by Gasteiger charge is 2.17. The van der Waals surface area contributed by atoms with Crippen molar-refractivity contribution in [2.45, 2.75) is 33.2 Å². The topological polar surface area (TPSA) is 68.5 Å². The summed E-state index contributed by atoms with van der Waals surface area (Å²) in [5.41, 5.74) is 4.37. The predicted molar refractivity (Wildman–Crippen MR) is 87.3 cm³/mol. The summed E-state index contributed by atoms with van der Waals surface area (Å²) in [6, 6.07) is 7.69. The maximum atomic E-state index is 11.5. The zero-order valence-corrected chi connectivity index (χ0v) is 13.6. The van der Waals surface area contributed by atoms with E-state index in [1.165, 1.54) is 0 Å². The average Bonchev–Trinajstić information content (AvgIpc) is 2.75. The van der Waals surface area contributed by atoms with E-state index >= 15 is 0 Å². The molecule has 0 aliphatic carbocycles. The van der Waals surface area contributed by atoms with Crippen molar-refractivity contribution in [1.82, 2.24) is 4.57 Å². The first-order valence-electron chi connectivity index (χ1n) is 7.46. The highest BCUT2D eigenvalue weighted by molar-refractivity contribution is 5.77. The van der Waals surface area contributed by atoms with Gasteiger partial charge in [0.05, 0.1) is 12.8 Å². The molecule has 0 fully saturated rings. The number of benzene rings is 1. The molecule has 122 valence electrons. The first kappa shape index (κ1) is 16.8. The van der Waals surface area contributed by atoms with Crippen LogP contribution >= 0.6 is 0 Å². The Bertz CT molecular complexity index is 731. The number of aromatic nitrogens is 1. The number of hydrogen-bond acceptors (Lipinski definition) is 3. The van der Waals surface area contributed by atoms with Gasteiger partial charge in [0, 0.05) is 18.7 Å². The third-order valence-corrected chi connectivity index (χ3v) is 4.14. The molecule has 0 radical (unpaired) electrons. The Hall–Kier alpha value is -2.56. The Balaban J connectivity index is 2.38. The van der Waals surface area contributed by atoms with Crippen molar-refractivity contribution in [2.75, 3.05) is 7.11 Å². The number of carboxylic acids is 1. The van der Waals surface area contributed by atoms with Crippen molar-refractivity contribution in [2.24, 2.45) is 0 Å². The molecule has 23 heavy (non-hydrogen) atoms. The second-order valence-corrected chi connectivity index (χ2v) is 5.52. The van der Waals surface area contributed by atoms with E-state index in [-0.39, 0.29) is 6.42 Å². The zero-order valence-electron chi connectivity index (χ0n) is 13.6. The number of carbonyl (C=O) groups excluding carboxylic acids is 1. The van der Waals surface area contributed by atoms with E-state index in [9.17, 15) is 9.59 Å². The molecule has 0 saturated heterocycles. The lowest BCUT2D eigenvalue weighted by Gasteiger charge is -2.10. The van der Waals surface area contributed by atoms with Gasteiger partial charge < -0.3 is 14.4 Å². The summed E-state index contributed by atoms with van der Waals surface area (Å²) in [6.45, 7) is 4.35. The molecular weight excluding hydrogens is 294 g/mol. The van der Waals surface area contributed by atoms with Crippen LogP contribution in [0.3, 0.4) is 0 Å². The van der Waals surface area contributed by atoms with E-state index in [0.717, 1.165) is 34.4 Å². The minimum atomic E-state index is -0.836. The first-order valence-corrected chi connectivity index (χ1v) is 7.46. The number of nitrogens with zero attached hydrogens (tertiary/aromatic N) is 1. The van der Waals surface area contributed by atoms with E-state index in [4.69, 9.17) is 9.84 Å². The smallest absolute Gasteiger partial charge is 0.303 e. The highest BCUT2D eigenvalue weighted by Crippen LogP contribution is 2.24. The molecule has 1 heterocycles. The van der Waals surface area contributed by atoms with Crippen molar-refractivity contribution < 1.29 is 19.4 Å². The summed E-state index contributed by atoms with van der Waals surface area (Å²) in [7, 11) is 1.62. The quantitative estimate of drug-likeness (QED) is 0.798. The number of methoxy groups -OCH3 is 1. The molecule has 0 unspecified atom stereocenters. The van der Waals surface area contributed by atoms with Crippen molar-refractivity contribution in [1.29, 1.82) is 0 Å². The third kappa shape index (κ3) is 3.62. The number of rotatable bonds is 7. The molecule has 0 bridgehead atoms. The first-order chi connectivity index (χ1) is 11.0. The molecule has 2 rings (SSSR count). The number of aliphatic carboxylic acids is 1. The summed E-state index contributed by atoms with van der Waals surface area (Å²) in [5, 5.41) is 8.89. The molecule has 0 amide bonds. The SMILES string of the molecule is COc1cccc(Cn2c(C)c(CCC(=O)O)c(C)c2C=O)c1. The summed E-state index contributed by atoms with van der Waals surface area (Å²) >= 11 is 0. The summed E-state index contributed by atoms with van der Waals surface area (Å²) in [6.07, 6.45) is 1.33. The van der Waals surface area contributed by atoms with Gasteiger partial charge in [0.15, 0.2) is 6.29 Å². The van der Waals surface area contributed by atoms with Crippen LogP contribution in [0, 0.1) is 13.8 Å². The highest BCUT2D eigenvalue weighted by atomic mass is 16.5. The predicted octanol–water partition coefficient (Wildman–Crippen LogP) is 2.99. The zero-order chi connectivity index (χ0) is 17.0. The van der Waals surface area contributed by atoms with Crippen molar-refractivity contribution in [3.05, 3.63) is 52.3 Å². The number of carboxylic acid groups (broad SMARTS) is 1. The van der Waals surface area contributed by atoms with Gasteiger partial charge in [-0.25, -0.2) is 0 Å². The van der Waals surface area contributed by atoms with Gasteiger partial charge in [0.25, 0.3) is 0 Å². The minimum absolute atomic E-state index is 0.0587. The Kier molecular flexibility index (Phi) is 5.21. The van der Waals surface area contributed by atoms with Gasteiger partial charge in [-0.2, -0.15) is 0 Å². The Labute approximate surface area is 135 Å². The maximum Gasteiger partial charge on any atom is 0.303 e. The van der Waals surface area contributed by atoms with Crippen molar-refractivity contribution in [3.63, 3.8) is 0 Å². The summed E-state index contributed by atoms with van der Waals surface area (Å²) in [5.74, 6) is -0.0696. The molecule has 5 nitrogen and oxygen atoms in total. The van der Waals surface area contributed by atoms with E-state index in [2.05, 4.69) is 0 Å². The van der Waals surface area contributed by atoms with Crippen molar-refractivity contribution >= 4 is 12.3 Å². The van der Waals surface area contributed by atoms with Crippen molar-refractivity contribution in [3.8, 4) is 5.75 Å². The fraction of sp³-hybridized carbons (Fsp3) is 0.333. The summed E-state index contributed by atoms with van der Waals surface area (Å²) < 4.78 is 7.17. The number of aldehydes is 1. The third-order valence-electron chi connectivity index (χ3n) is 4.14.